The van der Waals surface area contributed by atoms with E-state index in [1.54, 1.807) is 0 Å². The Morgan fingerprint density at radius 2 is 1.45 bits per heavy atom. The first kappa shape index (κ1) is 11.5. The van der Waals surface area contributed by atoms with Crippen molar-refractivity contribution in [3.63, 3.8) is 0 Å². The van der Waals surface area contributed by atoms with Gasteiger partial charge in [0.1, 0.15) is 0 Å². The summed E-state index contributed by atoms with van der Waals surface area (Å²) in [5.74, 6) is 0. The van der Waals surface area contributed by atoms with E-state index in [-0.39, 0.29) is 0 Å². The molecule has 0 N–H and O–H groups in total. The molecule has 0 heteroatoms. The van der Waals surface area contributed by atoms with Crippen LogP contribution in [-0.4, -0.2) is 0 Å². The van der Waals surface area contributed by atoms with Crippen molar-refractivity contribution in [1.29, 1.82) is 0 Å². The Morgan fingerprint density at radius 3 is 2.25 bits per heavy atom. The zero-order valence-electron chi connectivity index (χ0n) is 11.8. The van der Waals surface area contributed by atoms with Gasteiger partial charge >= 0.3 is 0 Å². The molecule has 0 bridgehead atoms. The third-order valence-corrected chi connectivity index (χ3v) is 4.17. The average molecular weight is 256 g/mol. The molecule has 4 rings (SSSR count). The first-order chi connectivity index (χ1) is 9.74. The zero-order chi connectivity index (χ0) is 13.7. The number of aryl methyl sites for hydroxylation is 2. The van der Waals surface area contributed by atoms with Crippen molar-refractivity contribution in [2.75, 3.05) is 0 Å². The molecular formula is C20H16. The lowest BCUT2D eigenvalue weighted by Crippen LogP contribution is -1.71. The summed E-state index contributed by atoms with van der Waals surface area (Å²) in [6.07, 6.45) is 0. The van der Waals surface area contributed by atoms with E-state index in [9.17, 15) is 0 Å². The fourth-order valence-electron chi connectivity index (χ4n) is 3.32. The maximum atomic E-state index is 2.33. The van der Waals surface area contributed by atoms with Crippen LogP contribution in [-0.2, 0) is 0 Å². The zero-order valence-corrected chi connectivity index (χ0v) is 11.8. The maximum Gasteiger partial charge on any atom is -0.00296 e. The van der Waals surface area contributed by atoms with E-state index in [0.717, 1.165) is 0 Å². The Hall–Kier alpha value is -2.34. The molecule has 4 aromatic carbocycles. The molecule has 0 aromatic heterocycles. The van der Waals surface area contributed by atoms with Crippen LogP contribution in [0.4, 0.5) is 0 Å². The summed E-state index contributed by atoms with van der Waals surface area (Å²) in [6.45, 7) is 4.38. The highest BCUT2D eigenvalue weighted by atomic mass is 14.2. The molecule has 0 nitrogen and oxygen atoms in total. The largest absolute Gasteiger partial charge is 0.0622 e. The molecule has 0 aliphatic heterocycles. The molecule has 0 spiro atoms. The highest BCUT2D eigenvalue weighted by Crippen LogP contribution is 2.39. The van der Waals surface area contributed by atoms with E-state index in [2.05, 4.69) is 74.5 Å². The van der Waals surface area contributed by atoms with Gasteiger partial charge in [-0.15, -0.1) is 0 Å². The minimum atomic E-state index is 1.30. The Labute approximate surface area is 119 Å². The molecule has 4 aromatic rings. The standard InChI is InChI=1S/C20H16/c1-13-10-14(2)17-8-9-18-19(12-16(11-13)20(17)18)15-6-4-3-5-7-15/h3-12H,1-2H3. The molecule has 0 atom stereocenters. The fourth-order valence-corrected chi connectivity index (χ4v) is 3.32. The van der Waals surface area contributed by atoms with Gasteiger partial charge in [0.05, 0.1) is 0 Å². The van der Waals surface area contributed by atoms with Gasteiger partial charge in [0.25, 0.3) is 0 Å². The van der Waals surface area contributed by atoms with Gasteiger partial charge in [-0.05, 0) is 58.1 Å². The second-order valence-electron chi connectivity index (χ2n) is 5.63. The highest BCUT2D eigenvalue weighted by Gasteiger charge is 2.12. The third-order valence-electron chi connectivity index (χ3n) is 4.17. The summed E-state index contributed by atoms with van der Waals surface area (Å²) < 4.78 is 0. The summed E-state index contributed by atoms with van der Waals surface area (Å²) in [5.41, 5.74) is 5.33. The molecule has 0 aliphatic carbocycles. The Bertz CT molecular complexity index is 901. The topological polar surface area (TPSA) is 0 Å². The summed E-state index contributed by atoms with van der Waals surface area (Å²) in [4.78, 5) is 0. The number of hydrogen-bond acceptors (Lipinski definition) is 0. The Kier molecular flexibility index (Phi) is 2.34. The van der Waals surface area contributed by atoms with Crippen LogP contribution >= 0.6 is 0 Å². The van der Waals surface area contributed by atoms with Gasteiger partial charge < -0.3 is 0 Å². The highest BCUT2D eigenvalue weighted by molar-refractivity contribution is 6.20. The lowest BCUT2D eigenvalue weighted by atomic mass is 10.1. The van der Waals surface area contributed by atoms with E-state index in [1.165, 1.54) is 43.8 Å². The molecule has 0 aliphatic rings. The van der Waals surface area contributed by atoms with Crippen LogP contribution in [0.2, 0.25) is 0 Å². The monoisotopic (exact) mass is 256 g/mol. The van der Waals surface area contributed by atoms with Crippen LogP contribution in [0.25, 0.3) is 32.7 Å². The van der Waals surface area contributed by atoms with E-state index in [1.807, 2.05) is 0 Å². The maximum absolute atomic E-state index is 2.33. The second-order valence-corrected chi connectivity index (χ2v) is 5.63. The van der Waals surface area contributed by atoms with Crippen LogP contribution in [0.15, 0.2) is 60.7 Å². The summed E-state index contributed by atoms with van der Waals surface area (Å²) in [5, 5.41) is 5.52. The number of rotatable bonds is 1. The summed E-state index contributed by atoms with van der Waals surface area (Å²) in [6, 6.07) is 22.1. The Balaban J connectivity index is 2.17. The fraction of sp³-hybridized carbons (Fsp3) is 0.100. The normalized spacial score (nSPS) is 11.5. The third kappa shape index (κ3) is 1.55. The quantitative estimate of drug-likeness (QED) is 0.409. The molecule has 0 saturated heterocycles. The summed E-state index contributed by atoms with van der Waals surface area (Å²) >= 11 is 0. The van der Waals surface area contributed by atoms with E-state index in [4.69, 9.17) is 0 Å². The van der Waals surface area contributed by atoms with E-state index >= 15 is 0 Å². The molecule has 20 heavy (non-hydrogen) atoms. The predicted octanol–water partition coefficient (Wildman–Crippen LogP) is 5.71. The second kappa shape index (κ2) is 4.08. The van der Waals surface area contributed by atoms with Gasteiger partial charge in [-0.1, -0.05) is 60.2 Å². The van der Waals surface area contributed by atoms with Gasteiger partial charge in [0.15, 0.2) is 0 Å². The van der Waals surface area contributed by atoms with Crippen molar-refractivity contribution in [3.8, 4) is 11.1 Å². The number of benzene rings is 1. The molecular weight excluding hydrogens is 240 g/mol. The van der Waals surface area contributed by atoms with Crippen molar-refractivity contribution < 1.29 is 0 Å². The first-order valence-corrected chi connectivity index (χ1v) is 7.05. The minimum absolute atomic E-state index is 1.30. The molecule has 0 saturated carbocycles. The van der Waals surface area contributed by atoms with Crippen LogP contribution in [0, 0.1) is 13.8 Å². The van der Waals surface area contributed by atoms with Gasteiger partial charge in [0, 0.05) is 0 Å². The first-order valence-electron chi connectivity index (χ1n) is 7.05. The van der Waals surface area contributed by atoms with Gasteiger partial charge in [0.2, 0.25) is 0 Å². The van der Waals surface area contributed by atoms with Crippen molar-refractivity contribution >= 4 is 21.5 Å². The van der Waals surface area contributed by atoms with E-state index in [0.29, 0.717) is 0 Å². The van der Waals surface area contributed by atoms with E-state index < -0.39 is 0 Å². The lowest BCUT2D eigenvalue weighted by molar-refractivity contribution is 1.46. The van der Waals surface area contributed by atoms with Gasteiger partial charge in [-0.2, -0.15) is 0 Å². The van der Waals surface area contributed by atoms with Gasteiger partial charge in [-0.25, -0.2) is 0 Å². The molecule has 0 heterocycles. The van der Waals surface area contributed by atoms with Crippen molar-refractivity contribution in [3.05, 3.63) is 71.8 Å². The molecule has 0 radical (unpaired) electrons. The van der Waals surface area contributed by atoms with Crippen molar-refractivity contribution in [1.82, 2.24) is 0 Å². The van der Waals surface area contributed by atoms with Crippen LogP contribution < -0.4 is 0 Å². The molecule has 0 amide bonds. The average Bonchev–Trinajstić information content (AvgIpc) is 2.98. The molecule has 0 unspecified atom stereocenters. The predicted molar refractivity (Wildman–Crippen MR) is 87.6 cm³/mol. The van der Waals surface area contributed by atoms with Crippen molar-refractivity contribution in [2.24, 2.45) is 0 Å². The lowest BCUT2D eigenvalue weighted by Gasteiger charge is -1.97. The van der Waals surface area contributed by atoms with Gasteiger partial charge in [-0.3, -0.25) is 0 Å². The Morgan fingerprint density at radius 1 is 0.700 bits per heavy atom. The van der Waals surface area contributed by atoms with Crippen molar-refractivity contribution in [2.45, 2.75) is 13.8 Å². The SMILES string of the molecule is Cc1cc(C)c2ccc3c(-c4ccccc4)cc(c1)c23. The van der Waals surface area contributed by atoms with Crippen LogP contribution in [0.5, 0.6) is 0 Å². The number of hydrogen-bond donors (Lipinski definition) is 0. The molecule has 0 fully saturated rings. The molecule has 96 valence electrons. The minimum Gasteiger partial charge on any atom is -0.0622 e. The van der Waals surface area contributed by atoms with Crippen LogP contribution in [0.3, 0.4) is 0 Å². The smallest absolute Gasteiger partial charge is 0.00296 e. The summed E-state index contributed by atoms with van der Waals surface area (Å²) in [7, 11) is 0. The van der Waals surface area contributed by atoms with Crippen LogP contribution in [0.1, 0.15) is 11.1 Å².